The normalized spacial score (nSPS) is 27.6. The zero-order chi connectivity index (χ0) is 40.2. The molecule has 0 radical (unpaired) electrons. The van der Waals surface area contributed by atoms with Crippen LogP contribution in [-0.4, -0.2) is 134 Å². The van der Waals surface area contributed by atoms with Gasteiger partial charge in [0.15, 0.2) is 6.54 Å². The zero-order valence-electron chi connectivity index (χ0n) is 31.6. The highest BCUT2D eigenvalue weighted by atomic mass is 32.2. The summed E-state index contributed by atoms with van der Waals surface area (Å²) in [6.45, 7) is 15.3. The number of amides is 3. The predicted molar refractivity (Wildman–Crippen MR) is 201 cm³/mol. The topological polar surface area (TPSA) is 180 Å². The maximum atomic E-state index is 14.4. The molecular weight excluding hydrogens is 743 g/mol. The van der Waals surface area contributed by atoms with Crippen molar-refractivity contribution in [2.24, 2.45) is 17.6 Å². The van der Waals surface area contributed by atoms with Crippen LogP contribution in [0.4, 0.5) is 4.79 Å². The molecule has 4 atom stereocenters. The molecule has 15 nitrogen and oxygen atoms in total. The number of ether oxygens (including phenoxy) is 3. The Kier molecular flexibility index (Phi) is 10.2. The van der Waals surface area contributed by atoms with Gasteiger partial charge in [-0.05, 0) is 35.8 Å². The van der Waals surface area contributed by atoms with E-state index in [2.05, 4.69) is 13.2 Å². The summed E-state index contributed by atoms with van der Waals surface area (Å²) in [6.07, 6.45) is 0.793. The SMILES string of the molecule is C=CCOC(=O)O[C@H](C)[C@H]1C(=O)N2C(C(=O)OCC=C)=C(CN3C(=O)c4cc(C[N+]56CC[N+](CC(N)=O)(CC5)CC6)c(-c5ccccc5)cc4S3(=O)=O)[C@H](C)[C@H]12. The first-order valence-electron chi connectivity index (χ1n) is 18.7. The highest BCUT2D eigenvalue weighted by molar-refractivity contribution is 7.90. The lowest BCUT2D eigenvalue weighted by atomic mass is 9.77. The number of nitrogens with zero attached hydrogens (tertiary/aromatic N) is 4. The van der Waals surface area contributed by atoms with E-state index in [1.54, 1.807) is 19.1 Å². The molecule has 2 aromatic carbocycles. The van der Waals surface area contributed by atoms with E-state index in [1.807, 2.05) is 30.3 Å². The second-order valence-electron chi connectivity index (χ2n) is 15.4. The van der Waals surface area contributed by atoms with E-state index >= 15 is 0 Å². The van der Waals surface area contributed by atoms with E-state index in [-0.39, 0.29) is 40.9 Å². The highest BCUT2D eigenvalue weighted by Crippen LogP contribution is 2.49. The number of hydrogen-bond acceptors (Lipinski definition) is 10. The number of β-lactam (4-membered cyclic amide) rings is 1. The van der Waals surface area contributed by atoms with Gasteiger partial charge >= 0.3 is 12.1 Å². The fourth-order valence-electron chi connectivity index (χ4n) is 9.22. The van der Waals surface area contributed by atoms with Crippen LogP contribution in [0.25, 0.3) is 11.1 Å². The van der Waals surface area contributed by atoms with Crippen LogP contribution in [0.15, 0.2) is 83.9 Å². The van der Waals surface area contributed by atoms with E-state index in [1.165, 1.54) is 24.0 Å². The van der Waals surface area contributed by atoms with Gasteiger partial charge in [0.25, 0.3) is 21.8 Å². The average Bonchev–Trinajstić information content (AvgIpc) is 3.52. The maximum absolute atomic E-state index is 14.4. The standard InChI is InChI=1S/C40H46N5O10S/c1-5-18-53-39(49)36-31(25(3)35-34(38(48)43(35)36)26(4)55-40(50)54-19-6-2)22-42-37(47)30-20-28(23-44-12-15-45(16-13-44,17-14-44)24-33(41)46)29(21-32(30)56(42,51)52)27-10-8-7-9-11-27/h5-11,20-21,25-26,34-35H,1-2,12-19,22-24H2,3-4H3,(H-,41,46)/q+1/p+1/t25-,26+,34+,35+,44?,45?/m0/s1. The fourth-order valence-corrected chi connectivity index (χ4v) is 10.8. The van der Waals surface area contributed by atoms with Gasteiger partial charge in [0.2, 0.25) is 5.91 Å². The predicted octanol–water partition coefficient (Wildman–Crippen LogP) is 2.33. The van der Waals surface area contributed by atoms with E-state index < -0.39 is 64.5 Å². The molecule has 2 bridgehead atoms. The molecule has 296 valence electrons. The maximum Gasteiger partial charge on any atom is 0.508 e. The third-order valence-electron chi connectivity index (χ3n) is 12.2. The third kappa shape index (κ3) is 6.58. The number of piperazine rings is 3. The van der Waals surface area contributed by atoms with Gasteiger partial charge in [0.1, 0.15) is 75.7 Å². The lowest BCUT2D eigenvalue weighted by molar-refractivity contribution is -1.08. The van der Waals surface area contributed by atoms with Crippen LogP contribution < -0.4 is 5.73 Å². The summed E-state index contributed by atoms with van der Waals surface area (Å²) in [5.74, 6) is -3.95. The molecule has 3 amide bonds. The Morgan fingerprint density at radius 3 is 2.20 bits per heavy atom. The van der Waals surface area contributed by atoms with Crippen molar-refractivity contribution in [3.63, 3.8) is 0 Å². The number of quaternary nitrogens is 2. The Labute approximate surface area is 325 Å². The summed E-state index contributed by atoms with van der Waals surface area (Å²) < 4.78 is 46.7. The van der Waals surface area contributed by atoms with Crippen molar-refractivity contribution in [1.82, 2.24) is 9.21 Å². The van der Waals surface area contributed by atoms with E-state index in [9.17, 15) is 32.4 Å². The van der Waals surface area contributed by atoms with Crippen molar-refractivity contribution >= 4 is 39.9 Å². The molecule has 2 N–H and O–H groups in total. The van der Waals surface area contributed by atoms with E-state index in [0.717, 1.165) is 59.2 Å². The molecule has 2 aromatic rings. The summed E-state index contributed by atoms with van der Waals surface area (Å²) in [6, 6.07) is 12.0. The number of carbonyl (C=O) groups excluding carboxylic acids is 5. The fraction of sp³-hybridized carbons (Fsp3) is 0.425. The van der Waals surface area contributed by atoms with E-state index in [4.69, 9.17) is 19.9 Å². The van der Waals surface area contributed by atoms with Crippen LogP contribution in [-0.2, 0) is 45.2 Å². The summed E-state index contributed by atoms with van der Waals surface area (Å²) in [4.78, 5) is 66.8. The second kappa shape index (κ2) is 14.6. The number of hydrogen-bond donors (Lipinski definition) is 1. The summed E-state index contributed by atoms with van der Waals surface area (Å²) in [7, 11) is -4.44. The van der Waals surface area contributed by atoms with Gasteiger partial charge in [0, 0.05) is 11.5 Å². The molecule has 6 heterocycles. The molecule has 0 spiro atoms. The number of carbonyl (C=O) groups is 5. The minimum absolute atomic E-state index is 0.0325. The van der Waals surface area contributed by atoms with E-state index in [0.29, 0.717) is 23.1 Å². The Balaban J connectivity index is 1.22. The molecule has 0 aliphatic carbocycles. The molecule has 16 heteroatoms. The Hall–Kier alpha value is -5.32. The first-order valence-corrected chi connectivity index (χ1v) is 20.2. The first-order chi connectivity index (χ1) is 26.7. The molecular formula is C40H47N5O10S+2. The van der Waals surface area contributed by atoms with Gasteiger partial charge in [0.05, 0.1) is 24.1 Å². The summed E-state index contributed by atoms with van der Waals surface area (Å²) >= 11 is 0. The highest BCUT2D eigenvalue weighted by Gasteiger charge is 2.62. The molecule has 56 heavy (non-hydrogen) atoms. The molecule has 0 saturated carbocycles. The van der Waals surface area contributed by atoms with Crippen LogP contribution in [0.2, 0.25) is 0 Å². The smallest absolute Gasteiger partial charge is 0.457 e. The quantitative estimate of drug-likeness (QED) is 0.129. The van der Waals surface area contributed by atoms with Crippen LogP contribution in [0.5, 0.6) is 0 Å². The van der Waals surface area contributed by atoms with Crippen LogP contribution in [0.3, 0.4) is 0 Å². The van der Waals surface area contributed by atoms with Crippen molar-refractivity contribution in [3.05, 3.63) is 90.2 Å². The number of sulfonamides is 1. The Morgan fingerprint density at radius 2 is 1.57 bits per heavy atom. The number of fused-ring (bicyclic) bond motifs is 5. The Morgan fingerprint density at radius 1 is 0.946 bits per heavy atom. The van der Waals surface area contributed by atoms with Crippen LogP contribution in [0.1, 0.15) is 29.8 Å². The van der Waals surface area contributed by atoms with Gasteiger partial charge in [-0.25, -0.2) is 22.3 Å². The molecule has 0 aromatic heterocycles. The van der Waals surface area contributed by atoms with Gasteiger partial charge in [-0.2, -0.15) is 0 Å². The number of rotatable bonds is 14. The van der Waals surface area contributed by atoms with Crippen LogP contribution in [0, 0.1) is 11.8 Å². The molecule has 6 aliphatic heterocycles. The lowest BCUT2D eigenvalue weighted by Gasteiger charge is -2.55. The largest absolute Gasteiger partial charge is 0.508 e. The second-order valence-corrected chi connectivity index (χ2v) is 17.3. The van der Waals surface area contributed by atoms with Gasteiger partial charge in [-0.15, -0.1) is 0 Å². The molecule has 6 aliphatic rings. The number of benzene rings is 2. The van der Waals surface area contributed by atoms with Crippen molar-refractivity contribution in [3.8, 4) is 11.1 Å². The van der Waals surface area contributed by atoms with Crippen molar-refractivity contribution in [2.45, 2.75) is 37.4 Å². The van der Waals surface area contributed by atoms with Crippen molar-refractivity contribution < 1.29 is 55.6 Å². The van der Waals surface area contributed by atoms with Gasteiger partial charge in [-0.3, -0.25) is 14.4 Å². The molecule has 4 saturated heterocycles. The van der Waals surface area contributed by atoms with Crippen molar-refractivity contribution in [2.75, 3.05) is 65.6 Å². The minimum atomic E-state index is -4.44. The zero-order valence-corrected chi connectivity index (χ0v) is 32.4. The van der Waals surface area contributed by atoms with Crippen LogP contribution >= 0.6 is 0 Å². The molecule has 8 rings (SSSR count). The third-order valence-corrected chi connectivity index (χ3v) is 14.0. The number of primary amides is 1. The number of nitrogens with two attached hydrogens (primary N) is 1. The number of esters is 1. The molecule has 4 fully saturated rings. The Bertz CT molecular complexity index is 2140. The summed E-state index contributed by atoms with van der Waals surface area (Å²) in [5, 5.41) is 0. The average molecular weight is 790 g/mol. The monoisotopic (exact) mass is 789 g/mol. The first kappa shape index (κ1) is 38.9. The van der Waals surface area contributed by atoms with Gasteiger partial charge < -0.3 is 33.8 Å². The molecule has 0 unspecified atom stereocenters. The van der Waals surface area contributed by atoms with Gasteiger partial charge in [-0.1, -0.05) is 62.6 Å². The minimum Gasteiger partial charge on any atom is -0.457 e. The summed E-state index contributed by atoms with van der Waals surface area (Å²) in [5.41, 5.74) is 8.04. The lowest BCUT2D eigenvalue weighted by Crippen LogP contribution is -2.75. The van der Waals surface area contributed by atoms with Crippen molar-refractivity contribution in [1.29, 1.82) is 0 Å².